The van der Waals surface area contributed by atoms with Gasteiger partial charge in [-0.25, -0.2) is 0 Å². The van der Waals surface area contributed by atoms with E-state index in [-0.39, 0.29) is 17.7 Å². The van der Waals surface area contributed by atoms with Gasteiger partial charge in [0, 0.05) is 12.1 Å². The maximum absolute atomic E-state index is 12.4. The molecule has 1 atom stereocenters. The SMILES string of the molecule is CCCCCCCCNC(=O)C(NC(=O)c1ccccc1)C(C)C. The Bertz CT molecular complexity index is 486. The van der Waals surface area contributed by atoms with E-state index >= 15 is 0 Å². The number of rotatable bonds is 11. The van der Waals surface area contributed by atoms with E-state index in [1.807, 2.05) is 32.0 Å². The van der Waals surface area contributed by atoms with Gasteiger partial charge < -0.3 is 10.6 Å². The topological polar surface area (TPSA) is 58.2 Å². The highest BCUT2D eigenvalue weighted by molar-refractivity contribution is 5.97. The predicted molar refractivity (Wildman–Crippen MR) is 98.9 cm³/mol. The molecule has 1 rings (SSSR count). The average Bonchev–Trinajstić information content (AvgIpc) is 2.59. The van der Waals surface area contributed by atoms with Gasteiger partial charge in [0.2, 0.25) is 5.91 Å². The summed E-state index contributed by atoms with van der Waals surface area (Å²) in [7, 11) is 0. The van der Waals surface area contributed by atoms with E-state index in [9.17, 15) is 9.59 Å². The van der Waals surface area contributed by atoms with Gasteiger partial charge in [-0.15, -0.1) is 0 Å². The van der Waals surface area contributed by atoms with E-state index in [0.717, 1.165) is 12.8 Å². The molecule has 134 valence electrons. The fraction of sp³-hybridized carbons (Fsp3) is 0.600. The Labute approximate surface area is 146 Å². The van der Waals surface area contributed by atoms with Gasteiger partial charge in [-0.1, -0.05) is 71.1 Å². The zero-order chi connectivity index (χ0) is 17.8. The van der Waals surface area contributed by atoms with Crippen LogP contribution in [0.3, 0.4) is 0 Å². The van der Waals surface area contributed by atoms with Crippen molar-refractivity contribution in [3.8, 4) is 0 Å². The highest BCUT2D eigenvalue weighted by Gasteiger charge is 2.24. The third-order valence-corrected chi connectivity index (χ3v) is 4.10. The highest BCUT2D eigenvalue weighted by Crippen LogP contribution is 2.07. The Morgan fingerprint density at radius 1 is 0.958 bits per heavy atom. The minimum Gasteiger partial charge on any atom is -0.354 e. The largest absolute Gasteiger partial charge is 0.354 e. The number of benzene rings is 1. The zero-order valence-electron chi connectivity index (χ0n) is 15.3. The molecule has 0 fully saturated rings. The normalized spacial score (nSPS) is 12.0. The minimum absolute atomic E-state index is 0.0437. The monoisotopic (exact) mass is 332 g/mol. The molecular weight excluding hydrogens is 300 g/mol. The summed E-state index contributed by atoms with van der Waals surface area (Å²) in [6.07, 6.45) is 7.16. The summed E-state index contributed by atoms with van der Waals surface area (Å²) < 4.78 is 0. The molecule has 0 bridgehead atoms. The van der Waals surface area contributed by atoms with Crippen molar-refractivity contribution in [3.05, 3.63) is 35.9 Å². The van der Waals surface area contributed by atoms with Gasteiger partial charge in [0.05, 0.1) is 0 Å². The summed E-state index contributed by atoms with van der Waals surface area (Å²) in [5.41, 5.74) is 0.576. The number of nitrogens with one attached hydrogen (secondary N) is 2. The predicted octanol–water partition coefficient (Wildman–Crippen LogP) is 3.92. The molecule has 4 nitrogen and oxygen atoms in total. The summed E-state index contributed by atoms with van der Waals surface area (Å²) >= 11 is 0. The second-order valence-electron chi connectivity index (χ2n) is 6.62. The standard InChI is InChI=1S/C20H32N2O2/c1-4-5-6-7-8-12-15-21-20(24)18(16(2)3)22-19(23)17-13-10-9-11-14-17/h9-11,13-14,16,18H,4-8,12,15H2,1-3H3,(H,21,24)(H,22,23). The Hall–Kier alpha value is -1.84. The number of carbonyl (C=O) groups is 2. The van der Waals surface area contributed by atoms with Crippen LogP contribution in [-0.4, -0.2) is 24.4 Å². The number of hydrogen-bond donors (Lipinski definition) is 2. The number of carbonyl (C=O) groups excluding carboxylic acids is 2. The van der Waals surface area contributed by atoms with Gasteiger partial charge in [-0.3, -0.25) is 9.59 Å². The molecule has 0 aromatic heterocycles. The van der Waals surface area contributed by atoms with Crippen molar-refractivity contribution in [3.63, 3.8) is 0 Å². The second-order valence-corrected chi connectivity index (χ2v) is 6.62. The van der Waals surface area contributed by atoms with Crippen molar-refractivity contribution in [2.45, 2.75) is 65.3 Å². The van der Waals surface area contributed by atoms with E-state index in [1.54, 1.807) is 12.1 Å². The maximum Gasteiger partial charge on any atom is 0.251 e. The number of unbranched alkanes of at least 4 members (excludes halogenated alkanes) is 5. The molecule has 4 heteroatoms. The lowest BCUT2D eigenvalue weighted by Gasteiger charge is -2.21. The summed E-state index contributed by atoms with van der Waals surface area (Å²) in [6, 6.07) is 8.50. The first-order chi connectivity index (χ1) is 11.6. The van der Waals surface area contributed by atoms with Gasteiger partial charge in [-0.2, -0.15) is 0 Å². The van der Waals surface area contributed by atoms with Crippen molar-refractivity contribution in [1.82, 2.24) is 10.6 Å². The van der Waals surface area contributed by atoms with Gasteiger partial charge in [0.1, 0.15) is 6.04 Å². The molecule has 1 unspecified atom stereocenters. The molecule has 0 spiro atoms. The van der Waals surface area contributed by atoms with Crippen LogP contribution in [0.2, 0.25) is 0 Å². The van der Waals surface area contributed by atoms with E-state index < -0.39 is 6.04 Å². The van der Waals surface area contributed by atoms with Crippen LogP contribution in [0, 0.1) is 5.92 Å². The Morgan fingerprint density at radius 3 is 2.21 bits per heavy atom. The lowest BCUT2D eigenvalue weighted by Crippen LogP contribution is -2.49. The summed E-state index contributed by atoms with van der Waals surface area (Å²) in [5.74, 6) is -0.255. The highest BCUT2D eigenvalue weighted by atomic mass is 16.2. The van der Waals surface area contributed by atoms with Crippen molar-refractivity contribution in [2.24, 2.45) is 5.92 Å². The van der Waals surface area contributed by atoms with Gasteiger partial charge in [0.15, 0.2) is 0 Å². The molecule has 0 aliphatic rings. The fourth-order valence-electron chi connectivity index (χ4n) is 2.58. The van der Waals surface area contributed by atoms with Crippen LogP contribution in [-0.2, 0) is 4.79 Å². The van der Waals surface area contributed by atoms with Crippen LogP contribution < -0.4 is 10.6 Å². The molecule has 1 aromatic rings. The molecule has 0 aliphatic heterocycles. The van der Waals surface area contributed by atoms with E-state index in [2.05, 4.69) is 17.6 Å². The quantitative estimate of drug-likeness (QED) is 0.603. The van der Waals surface area contributed by atoms with Crippen molar-refractivity contribution < 1.29 is 9.59 Å². The maximum atomic E-state index is 12.4. The lowest BCUT2D eigenvalue weighted by molar-refractivity contribution is -0.123. The van der Waals surface area contributed by atoms with Crippen LogP contribution in [0.1, 0.15) is 69.7 Å². The zero-order valence-corrected chi connectivity index (χ0v) is 15.3. The smallest absolute Gasteiger partial charge is 0.251 e. The lowest BCUT2D eigenvalue weighted by atomic mass is 10.0. The number of amides is 2. The summed E-state index contributed by atoms with van der Waals surface area (Å²) in [6.45, 7) is 6.77. The molecule has 24 heavy (non-hydrogen) atoms. The first kappa shape index (κ1) is 20.2. The Kier molecular flexibility index (Phi) is 9.81. The van der Waals surface area contributed by atoms with Crippen LogP contribution in [0.4, 0.5) is 0 Å². The number of hydrogen-bond acceptors (Lipinski definition) is 2. The third-order valence-electron chi connectivity index (χ3n) is 4.10. The minimum atomic E-state index is -0.502. The Morgan fingerprint density at radius 2 is 1.58 bits per heavy atom. The van der Waals surface area contributed by atoms with Gasteiger partial charge in [0.25, 0.3) is 5.91 Å². The molecule has 2 N–H and O–H groups in total. The van der Waals surface area contributed by atoms with E-state index in [4.69, 9.17) is 0 Å². The Balaban J connectivity index is 2.38. The third kappa shape index (κ3) is 7.62. The average molecular weight is 332 g/mol. The van der Waals surface area contributed by atoms with Crippen LogP contribution in [0.5, 0.6) is 0 Å². The molecular formula is C20H32N2O2. The van der Waals surface area contributed by atoms with E-state index in [0.29, 0.717) is 12.1 Å². The van der Waals surface area contributed by atoms with Gasteiger partial charge in [-0.05, 0) is 24.5 Å². The van der Waals surface area contributed by atoms with Crippen LogP contribution in [0.15, 0.2) is 30.3 Å². The van der Waals surface area contributed by atoms with Crippen molar-refractivity contribution in [2.75, 3.05) is 6.54 Å². The second kappa shape index (κ2) is 11.7. The summed E-state index contributed by atoms with van der Waals surface area (Å²) in [4.78, 5) is 24.6. The van der Waals surface area contributed by atoms with Crippen molar-refractivity contribution in [1.29, 1.82) is 0 Å². The molecule has 0 saturated heterocycles. The molecule has 0 radical (unpaired) electrons. The molecule has 2 amide bonds. The van der Waals surface area contributed by atoms with Crippen LogP contribution >= 0.6 is 0 Å². The molecule has 0 aliphatic carbocycles. The van der Waals surface area contributed by atoms with Crippen molar-refractivity contribution >= 4 is 11.8 Å². The van der Waals surface area contributed by atoms with E-state index in [1.165, 1.54) is 25.7 Å². The van der Waals surface area contributed by atoms with Gasteiger partial charge >= 0.3 is 0 Å². The molecule has 0 saturated carbocycles. The fourth-order valence-corrected chi connectivity index (χ4v) is 2.58. The van der Waals surface area contributed by atoms with Crippen LogP contribution in [0.25, 0.3) is 0 Å². The first-order valence-electron chi connectivity index (χ1n) is 9.19. The molecule has 1 aromatic carbocycles. The molecule has 0 heterocycles. The summed E-state index contributed by atoms with van der Waals surface area (Å²) in [5, 5.41) is 5.81. The first-order valence-corrected chi connectivity index (χ1v) is 9.19.